The predicted molar refractivity (Wildman–Crippen MR) is 129 cm³/mol. The molecule has 3 aromatic carbocycles. The molecular formula is C28H19ClN2O3. The highest BCUT2D eigenvalue weighted by atomic mass is 35.5. The van der Waals surface area contributed by atoms with Crippen molar-refractivity contribution in [3.63, 3.8) is 0 Å². The standard InChI is InChI=1S/C28H19ClN2O3/c29-20-13-7-6-12-19(20)21-22-24(27(34)18-11-5-4-10-17(18)26(22)33)31-15-14-30-28(31)23(21)25(32)16-8-2-1-3-9-16/h1-13,21,30H,14-15H2. The van der Waals surface area contributed by atoms with E-state index >= 15 is 0 Å². The minimum atomic E-state index is -0.780. The van der Waals surface area contributed by atoms with Crippen LogP contribution in [0.3, 0.4) is 0 Å². The number of carbonyl (C=O) groups is 3. The summed E-state index contributed by atoms with van der Waals surface area (Å²) in [4.78, 5) is 43.4. The van der Waals surface area contributed by atoms with E-state index in [4.69, 9.17) is 11.6 Å². The summed E-state index contributed by atoms with van der Waals surface area (Å²) < 4.78 is 0. The van der Waals surface area contributed by atoms with Gasteiger partial charge in [-0.2, -0.15) is 0 Å². The number of rotatable bonds is 3. The van der Waals surface area contributed by atoms with Crippen LogP contribution in [-0.4, -0.2) is 35.3 Å². The Balaban J connectivity index is 1.66. The Labute approximate surface area is 201 Å². The largest absolute Gasteiger partial charge is 0.369 e. The summed E-state index contributed by atoms with van der Waals surface area (Å²) in [6.45, 7) is 1.03. The molecule has 1 atom stereocenters. The summed E-state index contributed by atoms with van der Waals surface area (Å²) in [6.07, 6.45) is 0. The second kappa shape index (κ2) is 7.82. The Kier molecular flexibility index (Phi) is 4.74. The van der Waals surface area contributed by atoms with Crippen molar-refractivity contribution in [1.29, 1.82) is 0 Å². The van der Waals surface area contributed by atoms with Crippen LogP contribution in [0.1, 0.15) is 42.6 Å². The van der Waals surface area contributed by atoms with Crippen molar-refractivity contribution in [3.8, 4) is 0 Å². The first-order valence-corrected chi connectivity index (χ1v) is 11.5. The molecular weight excluding hydrogens is 448 g/mol. The molecule has 1 N–H and O–H groups in total. The van der Waals surface area contributed by atoms with Crippen LogP contribution in [0.25, 0.3) is 0 Å². The number of carbonyl (C=O) groups excluding carboxylic acids is 3. The van der Waals surface area contributed by atoms with Gasteiger partial charge in [0.05, 0.1) is 11.3 Å². The molecule has 0 radical (unpaired) electrons. The van der Waals surface area contributed by atoms with E-state index in [0.29, 0.717) is 63.0 Å². The lowest BCUT2D eigenvalue weighted by molar-refractivity contribution is 0.0936. The quantitative estimate of drug-likeness (QED) is 0.563. The molecule has 6 heteroatoms. The van der Waals surface area contributed by atoms with E-state index in [9.17, 15) is 14.4 Å². The molecule has 0 aromatic heterocycles. The van der Waals surface area contributed by atoms with Gasteiger partial charge in [0.15, 0.2) is 11.6 Å². The van der Waals surface area contributed by atoms with Crippen LogP contribution in [0.4, 0.5) is 0 Å². The molecule has 2 heterocycles. The minimum Gasteiger partial charge on any atom is -0.369 e. The van der Waals surface area contributed by atoms with Crippen LogP contribution in [0.5, 0.6) is 0 Å². The number of Topliss-reactive ketones (excluding diaryl/α,β-unsaturated/α-hetero) is 3. The zero-order valence-electron chi connectivity index (χ0n) is 18.0. The number of allylic oxidation sites excluding steroid dienone is 3. The second-order valence-corrected chi connectivity index (χ2v) is 8.86. The lowest BCUT2D eigenvalue weighted by atomic mass is 9.72. The molecule has 5 nitrogen and oxygen atoms in total. The van der Waals surface area contributed by atoms with Gasteiger partial charge in [0.1, 0.15) is 5.82 Å². The van der Waals surface area contributed by atoms with E-state index < -0.39 is 5.92 Å². The van der Waals surface area contributed by atoms with Crippen LogP contribution in [0, 0.1) is 0 Å². The van der Waals surface area contributed by atoms with Crippen molar-refractivity contribution in [2.24, 2.45) is 0 Å². The molecule has 0 amide bonds. The Morgan fingerprint density at radius 2 is 1.50 bits per heavy atom. The first-order chi connectivity index (χ1) is 16.6. The number of hydrogen-bond acceptors (Lipinski definition) is 5. The molecule has 0 saturated carbocycles. The fourth-order valence-corrected chi connectivity index (χ4v) is 5.40. The van der Waals surface area contributed by atoms with Gasteiger partial charge in [-0.1, -0.05) is 84.4 Å². The van der Waals surface area contributed by atoms with E-state index in [1.807, 2.05) is 30.3 Å². The summed E-state index contributed by atoms with van der Waals surface area (Å²) in [7, 11) is 0. The summed E-state index contributed by atoms with van der Waals surface area (Å²) >= 11 is 6.65. The zero-order chi connectivity index (χ0) is 23.4. The first kappa shape index (κ1) is 20.6. The van der Waals surface area contributed by atoms with Crippen molar-refractivity contribution in [1.82, 2.24) is 10.2 Å². The minimum absolute atomic E-state index is 0.203. The van der Waals surface area contributed by atoms with Crippen LogP contribution in [0.15, 0.2) is 102 Å². The molecule has 0 bridgehead atoms. The molecule has 166 valence electrons. The molecule has 3 aromatic rings. The van der Waals surface area contributed by atoms with Gasteiger partial charge in [-0.3, -0.25) is 14.4 Å². The smallest absolute Gasteiger partial charge is 0.210 e. The molecule has 1 fully saturated rings. The molecule has 2 aliphatic heterocycles. The maximum atomic E-state index is 14.0. The van der Waals surface area contributed by atoms with Gasteiger partial charge in [-0.05, 0) is 11.6 Å². The third kappa shape index (κ3) is 2.90. The van der Waals surface area contributed by atoms with Crippen LogP contribution >= 0.6 is 11.6 Å². The highest BCUT2D eigenvalue weighted by Gasteiger charge is 2.48. The monoisotopic (exact) mass is 466 g/mol. The fourth-order valence-electron chi connectivity index (χ4n) is 5.16. The van der Waals surface area contributed by atoms with Gasteiger partial charge in [0.2, 0.25) is 5.78 Å². The Hall–Kier alpha value is -3.96. The van der Waals surface area contributed by atoms with Gasteiger partial charge in [-0.25, -0.2) is 0 Å². The molecule has 34 heavy (non-hydrogen) atoms. The van der Waals surface area contributed by atoms with E-state index in [0.717, 1.165) is 0 Å². The Morgan fingerprint density at radius 3 is 2.24 bits per heavy atom. The molecule has 1 unspecified atom stereocenters. The van der Waals surface area contributed by atoms with Crippen molar-refractivity contribution >= 4 is 29.0 Å². The summed E-state index contributed by atoms with van der Waals surface area (Å²) in [5.41, 5.74) is 2.93. The van der Waals surface area contributed by atoms with Gasteiger partial charge in [-0.15, -0.1) is 0 Å². The van der Waals surface area contributed by atoms with Crippen molar-refractivity contribution in [2.45, 2.75) is 5.92 Å². The van der Waals surface area contributed by atoms with Gasteiger partial charge in [0.25, 0.3) is 0 Å². The van der Waals surface area contributed by atoms with Crippen molar-refractivity contribution < 1.29 is 14.4 Å². The maximum absolute atomic E-state index is 14.0. The number of benzene rings is 3. The normalized spacial score (nSPS) is 19.0. The number of nitrogens with zero attached hydrogens (tertiary/aromatic N) is 1. The number of halogens is 1. The lowest BCUT2D eigenvalue weighted by Gasteiger charge is -2.38. The average molecular weight is 467 g/mol. The van der Waals surface area contributed by atoms with Gasteiger partial charge >= 0.3 is 0 Å². The zero-order valence-corrected chi connectivity index (χ0v) is 18.8. The number of ketones is 3. The summed E-state index contributed by atoms with van der Waals surface area (Å²) in [5, 5.41) is 3.75. The topological polar surface area (TPSA) is 66.5 Å². The van der Waals surface area contributed by atoms with E-state index in [1.54, 1.807) is 53.4 Å². The molecule has 1 saturated heterocycles. The molecule has 6 rings (SSSR count). The highest BCUT2D eigenvalue weighted by Crippen LogP contribution is 2.48. The number of hydrogen-bond donors (Lipinski definition) is 1. The Bertz CT molecular complexity index is 1460. The van der Waals surface area contributed by atoms with Crippen LogP contribution in [-0.2, 0) is 0 Å². The van der Waals surface area contributed by atoms with E-state index in [2.05, 4.69) is 5.32 Å². The lowest BCUT2D eigenvalue weighted by Crippen LogP contribution is -2.40. The van der Waals surface area contributed by atoms with E-state index in [-0.39, 0.29) is 17.3 Å². The van der Waals surface area contributed by atoms with Crippen LogP contribution < -0.4 is 5.32 Å². The number of fused-ring (bicyclic) bond motifs is 3. The van der Waals surface area contributed by atoms with Gasteiger partial charge < -0.3 is 10.2 Å². The first-order valence-electron chi connectivity index (χ1n) is 11.1. The third-order valence-electron chi connectivity index (χ3n) is 6.63. The predicted octanol–water partition coefficient (Wildman–Crippen LogP) is 4.77. The van der Waals surface area contributed by atoms with Gasteiger partial charge in [0, 0.05) is 46.3 Å². The van der Waals surface area contributed by atoms with Crippen molar-refractivity contribution in [2.75, 3.05) is 13.1 Å². The highest BCUT2D eigenvalue weighted by molar-refractivity contribution is 6.32. The molecule has 1 aliphatic carbocycles. The van der Waals surface area contributed by atoms with E-state index in [1.165, 1.54) is 0 Å². The summed E-state index contributed by atoms with van der Waals surface area (Å²) in [5.74, 6) is -0.879. The second-order valence-electron chi connectivity index (χ2n) is 8.46. The SMILES string of the molecule is O=C(C1=C2NCCN2C2=C(C(=O)c3ccccc3C2=O)C1c1ccccc1Cl)c1ccccc1. The summed E-state index contributed by atoms with van der Waals surface area (Å²) in [6, 6.07) is 23.0. The van der Waals surface area contributed by atoms with Crippen molar-refractivity contribution in [3.05, 3.63) is 129 Å². The fraction of sp³-hybridized carbons (Fsp3) is 0.107. The molecule has 3 aliphatic rings. The third-order valence-corrected chi connectivity index (χ3v) is 6.97. The van der Waals surface area contributed by atoms with Crippen LogP contribution in [0.2, 0.25) is 5.02 Å². The maximum Gasteiger partial charge on any atom is 0.210 e. The average Bonchev–Trinajstić information content (AvgIpc) is 3.36. The Morgan fingerprint density at radius 1 is 0.853 bits per heavy atom. The molecule has 0 spiro atoms. The number of nitrogens with one attached hydrogen (secondary N) is 1.